The zero-order valence-corrected chi connectivity index (χ0v) is 23.6. The van der Waals surface area contributed by atoms with E-state index in [-0.39, 0.29) is 11.6 Å². The van der Waals surface area contributed by atoms with Crippen LogP contribution >= 0.6 is 0 Å². The third kappa shape index (κ3) is 6.31. The van der Waals surface area contributed by atoms with Gasteiger partial charge in [0.05, 0.1) is 12.3 Å². The Bertz CT molecular complexity index is 1590. The van der Waals surface area contributed by atoms with Crippen LogP contribution in [0.5, 0.6) is 11.5 Å². The van der Waals surface area contributed by atoms with Crippen LogP contribution in [-0.2, 0) is 13.2 Å². The van der Waals surface area contributed by atoms with Gasteiger partial charge in [-0.1, -0.05) is 67.1 Å². The van der Waals surface area contributed by atoms with Crippen LogP contribution < -0.4 is 14.8 Å². The Morgan fingerprint density at radius 3 is 2.44 bits per heavy atom. The number of hydrogen-bond donors (Lipinski definition) is 1. The number of piperidine rings is 1. The lowest BCUT2D eigenvalue weighted by molar-refractivity contribution is 0.268. The van der Waals surface area contributed by atoms with Crippen LogP contribution in [0.1, 0.15) is 42.4 Å². The summed E-state index contributed by atoms with van der Waals surface area (Å²) >= 11 is 0. The molecule has 1 N–H and O–H groups in total. The van der Waals surface area contributed by atoms with Crippen molar-refractivity contribution in [1.82, 2.24) is 9.88 Å². The normalized spacial score (nSPS) is 15.2. The summed E-state index contributed by atoms with van der Waals surface area (Å²) in [6.45, 7) is 4.95. The molecular weight excluding hydrogens is 511 g/mol. The average molecular weight is 549 g/mol. The lowest BCUT2D eigenvalue weighted by atomic mass is 10.0. The van der Waals surface area contributed by atoms with E-state index < -0.39 is 0 Å². The largest absolute Gasteiger partial charge is 0.494 e. The quantitative estimate of drug-likeness (QED) is 0.191. The molecule has 210 valence electrons. The number of fused-ring (bicyclic) bond motifs is 1. The minimum absolute atomic E-state index is 0.257. The smallest absolute Gasteiger partial charge is 0.165 e. The lowest BCUT2D eigenvalue weighted by Gasteiger charge is -2.23. The van der Waals surface area contributed by atoms with Gasteiger partial charge in [0.25, 0.3) is 0 Å². The van der Waals surface area contributed by atoms with Gasteiger partial charge in [0.15, 0.2) is 11.6 Å². The highest BCUT2D eigenvalue weighted by Gasteiger charge is 2.18. The number of halogens is 1. The second kappa shape index (κ2) is 12.6. The number of ether oxygens (including phenoxy) is 2. The topological polar surface area (TPSA) is 35.4 Å². The Morgan fingerprint density at radius 2 is 1.66 bits per heavy atom. The number of aryl methyl sites for hydroxylation is 1. The van der Waals surface area contributed by atoms with E-state index in [1.807, 2.05) is 36.4 Å². The summed E-state index contributed by atoms with van der Waals surface area (Å²) in [5.41, 5.74) is 6.28. The van der Waals surface area contributed by atoms with E-state index in [1.54, 1.807) is 12.1 Å². The average Bonchev–Trinajstić information content (AvgIpc) is 3.29. The van der Waals surface area contributed by atoms with Crippen molar-refractivity contribution in [1.29, 1.82) is 0 Å². The third-order valence-corrected chi connectivity index (χ3v) is 8.08. The van der Waals surface area contributed by atoms with Crippen LogP contribution in [0.4, 0.5) is 4.39 Å². The molecule has 2 heterocycles. The van der Waals surface area contributed by atoms with Crippen molar-refractivity contribution in [2.75, 3.05) is 13.2 Å². The molecule has 1 aromatic heterocycles. The predicted octanol–water partition coefficient (Wildman–Crippen LogP) is 8.29. The molecule has 1 aliphatic heterocycles. The van der Waals surface area contributed by atoms with E-state index in [0.29, 0.717) is 19.2 Å². The summed E-state index contributed by atoms with van der Waals surface area (Å²) in [5, 5.41) is 4.75. The van der Waals surface area contributed by atoms with Crippen molar-refractivity contribution in [2.24, 2.45) is 0 Å². The molecule has 1 atom stereocenters. The van der Waals surface area contributed by atoms with Crippen LogP contribution in [-0.4, -0.2) is 23.8 Å². The summed E-state index contributed by atoms with van der Waals surface area (Å²) in [6.07, 6.45) is 4.86. The first kappa shape index (κ1) is 27.1. The molecule has 41 heavy (non-hydrogen) atoms. The summed E-state index contributed by atoms with van der Waals surface area (Å²) in [6, 6.07) is 32.4. The van der Waals surface area contributed by atoms with Gasteiger partial charge in [0.1, 0.15) is 12.4 Å². The second-order valence-electron chi connectivity index (χ2n) is 10.9. The highest BCUT2D eigenvalue weighted by Crippen LogP contribution is 2.36. The fourth-order valence-corrected chi connectivity index (χ4v) is 5.88. The van der Waals surface area contributed by atoms with Crippen LogP contribution in [0, 0.1) is 12.7 Å². The summed E-state index contributed by atoms with van der Waals surface area (Å²) in [4.78, 5) is 0. The van der Waals surface area contributed by atoms with Gasteiger partial charge in [0.2, 0.25) is 0 Å². The zero-order valence-electron chi connectivity index (χ0n) is 23.6. The number of benzene rings is 4. The van der Waals surface area contributed by atoms with Crippen molar-refractivity contribution in [3.05, 3.63) is 120 Å². The van der Waals surface area contributed by atoms with Gasteiger partial charge in [-0.15, -0.1) is 0 Å². The number of hydrogen-bond acceptors (Lipinski definition) is 3. The van der Waals surface area contributed by atoms with Crippen LogP contribution in [0.15, 0.2) is 97.1 Å². The molecule has 0 aliphatic carbocycles. The molecule has 1 fully saturated rings. The van der Waals surface area contributed by atoms with Gasteiger partial charge in [-0.3, -0.25) is 0 Å². The molecule has 1 aliphatic rings. The first-order chi connectivity index (χ1) is 20.2. The van der Waals surface area contributed by atoms with Gasteiger partial charge in [-0.05, 0) is 85.8 Å². The maximum atomic E-state index is 15.3. The van der Waals surface area contributed by atoms with E-state index in [2.05, 4.69) is 65.3 Å². The fourth-order valence-electron chi connectivity index (χ4n) is 5.88. The molecule has 0 amide bonds. The van der Waals surface area contributed by atoms with E-state index in [4.69, 9.17) is 9.47 Å². The molecule has 5 aromatic rings. The summed E-state index contributed by atoms with van der Waals surface area (Å²) in [7, 11) is 0. The van der Waals surface area contributed by atoms with Crippen molar-refractivity contribution < 1.29 is 13.9 Å². The standard InChI is InChI=1S/C36H37FN2O2/c1-26-32-12-5-6-13-34(32)39(24-27-14-17-31(18-15-27)40-22-20-30-11-7-8-21-38-30)36(26)29-16-19-35(33(37)23-29)41-25-28-9-3-2-4-10-28/h2-6,9-10,12-19,23,30,38H,7-8,11,20-22,24-25H2,1H3. The Morgan fingerprint density at radius 1 is 0.854 bits per heavy atom. The molecule has 0 radical (unpaired) electrons. The van der Waals surface area contributed by atoms with Gasteiger partial charge in [0, 0.05) is 29.1 Å². The summed E-state index contributed by atoms with van der Waals surface area (Å²) < 4.78 is 29.4. The van der Waals surface area contributed by atoms with Gasteiger partial charge in [-0.25, -0.2) is 4.39 Å². The molecule has 1 unspecified atom stereocenters. The number of para-hydroxylation sites is 1. The van der Waals surface area contributed by atoms with Gasteiger partial charge in [-0.2, -0.15) is 0 Å². The third-order valence-electron chi connectivity index (χ3n) is 8.08. The molecule has 6 rings (SSSR count). The van der Waals surface area contributed by atoms with Crippen LogP contribution in [0.25, 0.3) is 22.2 Å². The first-order valence-corrected chi connectivity index (χ1v) is 14.7. The van der Waals surface area contributed by atoms with Gasteiger partial charge >= 0.3 is 0 Å². The minimum Gasteiger partial charge on any atom is -0.494 e. The number of aromatic nitrogens is 1. The molecule has 4 aromatic carbocycles. The molecule has 0 bridgehead atoms. The highest BCUT2D eigenvalue weighted by atomic mass is 19.1. The zero-order chi connectivity index (χ0) is 28.0. The molecule has 0 saturated carbocycles. The highest BCUT2D eigenvalue weighted by molar-refractivity contribution is 5.91. The van der Waals surface area contributed by atoms with Crippen molar-refractivity contribution in [3.63, 3.8) is 0 Å². The Balaban J connectivity index is 1.21. The van der Waals surface area contributed by atoms with E-state index in [9.17, 15) is 0 Å². The van der Waals surface area contributed by atoms with Crippen molar-refractivity contribution in [2.45, 2.75) is 51.8 Å². The molecule has 0 spiro atoms. The SMILES string of the molecule is Cc1c(-c2ccc(OCc3ccccc3)c(F)c2)n(Cc2ccc(OCCC3CCCCN3)cc2)c2ccccc12. The Hall–Kier alpha value is -4.09. The number of nitrogens with zero attached hydrogens (tertiary/aromatic N) is 1. The minimum atomic E-state index is -0.362. The maximum Gasteiger partial charge on any atom is 0.165 e. The van der Waals surface area contributed by atoms with Gasteiger partial charge < -0.3 is 19.4 Å². The number of rotatable bonds is 10. The maximum absolute atomic E-state index is 15.3. The van der Waals surface area contributed by atoms with E-state index in [1.165, 1.54) is 24.6 Å². The fraction of sp³-hybridized carbons (Fsp3) is 0.278. The molecular formula is C36H37FN2O2. The second-order valence-corrected chi connectivity index (χ2v) is 10.9. The predicted molar refractivity (Wildman–Crippen MR) is 164 cm³/mol. The molecule has 1 saturated heterocycles. The molecule has 5 heteroatoms. The van der Waals surface area contributed by atoms with Crippen molar-refractivity contribution >= 4 is 10.9 Å². The Kier molecular flexibility index (Phi) is 8.33. The first-order valence-electron chi connectivity index (χ1n) is 14.7. The van der Waals surface area contributed by atoms with E-state index in [0.717, 1.165) is 58.8 Å². The van der Waals surface area contributed by atoms with Crippen LogP contribution in [0.2, 0.25) is 0 Å². The lowest BCUT2D eigenvalue weighted by Crippen LogP contribution is -2.35. The number of nitrogens with one attached hydrogen (secondary N) is 1. The van der Waals surface area contributed by atoms with Crippen LogP contribution in [0.3, 0.4) is 0 Å². The monoisotopic (exact) mass is 548 g/mol. The van der Waals surface area contributed by atoms with Crippen molar-refractivity contribution in [3.8, 4) is 22.8 Å². The molecule has 4 nitrogen and oxygen atoms in total. The Labute approximate surface area is 241 Å². The van der Waals surface area contributed by atoms with E-state index >= 15 is 4.39 Å². The summed E-state index contributed by atoms with van der Waals surface area (Å²) in [5.74, 6) is 0.791.